The summed E-state index contributed by atoms with van der Waals surface area (Å²) in [5.74, 6) is -3.19. The monoisotopic (exact) mass is 901 g/mol. The number of carbonyl (C=O) groups is 5. The Morgan fingerprint density at radius 1 is 1.12 bits per heavy atom. The van der Waals surface area contributed by atoms with Crippen LogP contribution in [0.25, 0.3) is 33.3 Å². The Labute approximate surface area is 386 Å². The Morgan fingerprint density at radius 2 is 1.89 bits per heavy atom. The van der Waals surface area contributed by atoms with Gasteiger partial charge in [-0.2, -0.15) is 0 Å². The second kappa shape index (κ2) is 18.3. The van der Waals surface area contributed by atoms with Gasteiger partial charge in [0.25, 0.3) is 5.91 Å². The lowest BCUT2D eigenvalue weighted by atomic mass is 9.67. The number of ether oxygens (including phenoxy) is 2. The van der Waals surface area contributed by atoms with Crippen LogP contribution in [0.2, 0.25) is 0 Å². The van der Waals surface area contributed by atoms with Crippen molar-refractivity contribution >= 4 is 40.5 Å². The van der Waals surface area contributed by atoms with Gasteiger partial charge in [-0.25, -0.2) is 5.43 Å². The minimum absolute atomic E-state index is 0.00891. The molecule has 2 saturated heterocycles. The van der Waals surface area contributed by atoms with Gasteiger partial charge < -0.3 is 34.3 Å². The molecule has 4 aromatic rings. The van der Waals surface area contributed by atoms with Crippen molar-refractivity contribution in [1.29, 1.82) is 0 Å². The molecule has 2 fully saturated rings. The number of aromatic nitrogens is 2. The number of aromatic hydroxyl groups is 1. The van der Waals surface area contributed by atoms with Crippen LogP contribution >= 0.6 is 0 Å². The number of pyridine rings is 1. The molecule has 5 heterocycles. The molecule has 1 unspecified atom stereocenters. The highest BCUT2D eigenvalue weighted by Crippen LogP contribution is 2.57. The van der Waals surface area contributed by atoms with Crippen molar-refractivity contribution in [3.63, 3.8) is 0 Å². The fourth-order valence-corrected chi connectivity index (χ4v) is 11.1. The molecule has 6 atom stereocenters. The topological polar surface area (TPSA) is 176 Å². The average Bonchev–Trinajstić information content (AvgIpc) is 3.93. The highest BCUT2D eigenvalue weighted by molar-refractivity contribution is 6.00. The lowest BCUT2D eigenvalue weighted by Gasteiger charge is -2.42. The van der Waals surface area contributed by atoms with Crippen molar-refractivity contribution in [3.05, 3.63) is 83.7 Å². The summed E-state index contributed by atoms with van der Waals surface area (Å²) in [6.07, 6.45) is 3.90. The molecular formula is C51H63N7O8. The summed E-state index contributed by atoms with van der Waals surface area (Å²) in [6.45, 7) is 17.2. The smallest absolute Gasteiger partial charge is 0.324 e. The van der Waals surface area contributed by atoms with Gasteiger partial charge in [0.05, 0.1) is 23.9 Å². The Hall–Kier alpha value is -6.06. The summed E-state index contributed by atoms with van der Waals surface area (Å²) in [6, 6.07) is 10.5. The van der Waals surface area contributed by atoms with Gasteiger partial charge in [0.2, 0.25) is 17.7 Å². The van der Waals surface area contributed by atoms with Gasteiger partial charge in [0.15, 0.2) is 0 Å². The molecule has 2 aromatic heterocycles. The molecule has 0 saturated carbocycles. The first kappa shape index (κ1) is 46.5. The molecule has 4 amide bonds. The van der Waals surface area contributed by atoms with E-state index >= 15 is 0 Å². The molecule has 1 aliphatic carbocycles. The number of phenols is 1. The summed E-state index contributed by atoms with van der Waals surface area (Å²) >= 11 is 0. The number of hydrogen-bond acceptors (Lipinski definition) is 10. The van der Waals surface area contributed by atoms with Crippen molar-refractivity contribution in [1.82, 2.24) is 35.1 Å². The van der Waals surface area contributed by atoms with Crippen LogP contribution in [-0.4, -0.2) is 118 Å². The van der Waals surface area contributed by atoms with E-state index in [2.05, 4.69) is 67.8 Å². The molecule has 0 spiro atoms. The minimum atomic E-state index is -1.17. The zero-order valence-corrected chi connectivity index (χ0v) is 39.3. The summed E-state index contributed by atoms with van der Waals surface area (Å²) in [4.78, 5) is 77.7. The van der Waals surface area contributed by atoms with Crippen molar-refractivity contribution in [2.45, 2.75) is 104 Å². The number of methoxy groups -OCH3 is 1. The summed E-state index contributed by atoms with van der Waals surface area (Å²) in [5.41, 5.74) is 10.6. The number of likely N-dealkylation sites (N-methyl/N-ethyl adjacent to an activating group) is 1. The molecule has 0 radical (unpaired) electrons. The van der Waals surface area contributed by atoms with Gasteiger partial charge >= 0.3 is 5.97 Å². The van der Waals surface area contributed by atoms with E-state index in [4.69, 9.17) is 14.5 Å². The van der Waals surface area contributed by atoms with Gasteiger partial charge in [-0.3, -0.25) is 34.0 Å². The zero-order chi connectivity index (χ0) is 47.4. The third kappa shape index (κ3) is 8.25. The highest BCUT2D eigenvalue weighted by Gasteiger charge is 2.48. The van der Waals surface area contributed by atoms with Crippen LogP contribution in [0, 0.1) is 24.2 Å². The number of esters is 1. The van der Waals surface area contributed by atoms with E-state index in [0.29, 0.717) is 37.9 Å². The molecule has 350 valence electrons. The second-order valence-electron chi connectivity index (χ2n) is 19.4. The number of benzene rings is 2. The third-order valence-corrected chi connectivity index (χ3v) is 14.3. The number of nitrogens with one attached hydrogen (secondary N) is 2. The number of likely N-dealkylation sites (tertiary alicyclic amines) is 1. The predicted octanol–water partition coefficient (Wildman–Crippen LogP) is 5.81. The molecular weight excluding hydrogens is 839 g/mol. The van der Waals surface area contributed by atoms with Crippen molar-refractivity contribution in [3.8, 4) is 28.1 Å². The molecule has 2 aromatic carbocycles. The van der Waals surface area contributed by atoms with Gasteiger partial charge in [0.1, 0.15) is 30.0 Å². The standard InChI is InChI=1S/C51H63N7O8/c1-10-39(60)56-21-18-31(26-56)48(62)55(8)44(28(3)4)47(61)53-37-24-30-22-32(25-33(59)23-30)34-16-17-38-40(29(34)5)41-42(46(65-9)43-35(14-12-19-52-43)45(41)57(38)11-2)51(6,7)27-66-50(64)36-15-13-20-58(54-36)49(37)63/h10,12,14,16-17,19,22-23,25,28,31,36-37,42,44,46,54,59H,1,11,13,15,18,20-21,24,26-27H2,2-9H3,(H,53,61)/t31-,36-,37-,42?,44-,46-/m0/s1. The van der Waals surface area contributed by atoms with Crippen LogP contribution in [0.5, 0.6) is 5.75 Å². The number of carbonyl (C=O) groups excluding carboxylic acids is 5. The van der Waals surface area contributed by atoms with E-state index in [0.717, 1.165) is 50.1 Å². The lowest BCUT2D eigenvalue weighted by molar-refractivity contribution is -0.156. The van der Waals surface area contributed by atoms with Crippen molar-refractivity contribution < 1.29 is 38.6 Å². The normalized spacial score (nSPS) is 23.2. The quantitative estimate of drug-likeness (QED) is 0.145. The van der Waals surface area contributed by atoms with E-state index in [1.807, 2.05) is 26.0 Å². The maximum atomic E-state index is 14.8. The van der Waals surface area contributed by atoms with Gasteiger partial charge in [-0.15, -0.1) is 0 Å². The van der Waals surface area contributed by atoms with Gasteiger partial charge in [0, 0.05) is 80.8 Å². The number of amides is 4. The number of rotatable bonds is 8. The van der Waals surface area contributed by atoms with Crippen LogP contribution < -0.4 is 10.7 Å². The van der Waals surface area contributed by atoms with E-state index in [9.17, 15) is 29.1 Å². The van der Waals surface area contributed by atoms with Gasteiger partial charge in [-0.1, -0.05) is 46.4 Å². The highest BCUT2D eigenvalue weighted by atomic mass is 16.5. The number of phenolic OH excluding ortho intramolecular Hbond substituents is 1. The number of fused-ring (bicyclic) bond motifs is 8. The molecule has 15 nitrogen and oxygen atoms in total. The van der Waals surface area contributed by atoms with Crippen LogP contribution in [0.4, 0.5) is 0 Å². The van der Waals surface area contributed by atoms with Crippen LogP contribution in [0.15, 0.2) is 61.3 Å². The first-order valence-corrected chi connectivity index (χ1v) is 23.2. The molecule has 6 bridgehead atoms. The first-order valence-electron chi connectivity index (χ1n) is 23.2. The number of hydrazine groups is 1. The third-order valence-electron chi connectivity index (χ3n) is 14.3. The molecule has 3 aliphatic heterocycles. The Bertz CT molecular complexity index is 2600. The molecule has 66 heavy (non-hydrogen) atoms. The SMILES string of the molecule is C=CC(=O)N1CC[C@H](C(=O)N(C)[C@H](C(=O)N[C@H]2Cc3cc(O)cc(c3)-c3ccc4c(c3C)c3c(n4CC)-c4cccnc4[C@@H](OC)C3C(C)(C)COC(=O)[C@@H]3CCCN(N3)C2=O)C(C)C)C1. The molecule has 3 N–H and O–H groups in total. The first-order chi connectivity index (χ1) is 31.5. The summed E-state index contributed by atoms with van der Waals surface area (Å²) in [7, 11) is 3.28. The number of aryl methyl sites for hydroxylation is 2. The van der Waals surface area contributed by atoms with Crippen LogP contribution in [0.1, 0.15) is 88.3 Å². The predicted molar refractivity (Wildman–Crippen MR) is 250 cm³/mol. The fourth-order valence-electron chi connectivity index (χ4n) is 11.1. The number of nitrogens with zero attached hydrogens (tertiary/aromatic N) is 5. The second-order valence-corrected chi connectivity index (χ2v) is 19.4. The van der Waals surface area contributed by atoms with E-state index in [1.165, 1.54) is 16.0 Å². The van der Waals surface area contributed by atoms with Crippen molar-refractivity contribution in [2.24, 2.45) is 17.3 Å². The fraction of sp³-hybridized carbons (Fsp3) is 0.490. The van der Waals surface area contributed by atoms with Gasteiger partial charge in [-0.05, 0) is 103 Å². The Morgan fingerprint density at radius 3 is 2.61 bits per heavy atom. The lowest BCUT2D eigenvalue weighted by Crippen LogP contribution is -2.62. The summed E-state index contributed by atoms with van der Waals surface area (Å²) < 4.78 is 14.9. The summed E-state index contributed by atoms with van der Waals surface area (Å²) in [5, 5.41) is 16.9. The minimum Gasteiger partial charge on any atom is -0.508 e. The largest absolute Gasteiger partial charge is 0.508 e. The Balaban J connectivity index is 1.23. The molecule has 8 rings (SSSR count). The van der Waals surface area contributed by atoms with E-state index in [-0.39, 0.29) is 55.5 Å². The van der Waals surface area contributed by atoms with Crippen molar-refractivity contribution in [2.75, 3.05) is 40.4 Å². The average molecular weight is 902 g/mol. The molecule has 4 aliphatic rings. The van der Waals surface area contributed by atoms with Crippen LogP contribution in [-0.2, 0) is 46.4 Å². The van der Waals surface area contributed by atoms with E-state index < -0.39 is 53.3 Å². The molecule has 15 heteroatoms. The Kier molecular flexibility index (Phi) is 12.9. The maximum absolute atomic E-state index is 14.8. The number of cyclic esters (lactones) is 1. The van der Waals surface area contributed by atoms with Crippen LogP contribution in [0.3, 0.4) is 0 Å². The zero-order valence-electron chi connectivity index (χ0n) is 39.3. The number of hydrogen-bond donors (Lipinski definition) is 3. The van der Waals surface area contributed by atoms with E-state index in [1.54, 1.807) is 37.4 Å². The maximum Gasteiger partial charge on any atom is 0.324 e.